The second kappa shape index (κ2) is 7.38. The number of hydrogen-bond acceptors (Lipinski definition) is 4. The minimum Gasteiger partial charge on any atom is -0.481 e. The van der Waals surface area contributed by atoms with Gasteiger partial charge in [-0.05, 0) is 12.0 Å². The number of carboxylic acids is 1. The zero-order valence-corrected chi connectivity index (χ0v) is 12.0. The third-order valence-electron chi connectivity index (χ3n) is 3.22. The molecule has 1 aromatic heterocycles. The molecule has 0 amide bonds. The second-order valence-electron chi connectivity index (χ2n) is 4.83. The van der Waals surface area contributed by atoms with Crippen LogP contribution >= 0.6 is 0 Å². The topological polar surface area (TPSA) is 75.1 Å². The Morgan fingerprint density at radius 2 is 2.05 bits per heavy atom. The first-order valence-electron chi connectivity index (χ1n) is 7.03. The number of carboxylic acid groups (broad SMARTS) is 1. The molecule has 2 rings (SSSR count). The van der Waals surface area contributed by atoms with E-state index in [9.17, 15) is 9.90 Å². The van der Waals surface area contributed by atoms with Crippen molar-refractivity contribution < 1.29 is 9.90 Å². The molecule has 0 aliphatic heterocycles. The molecular weight excluding hydrogens is 266 g/mol. The molecule has 0 saturated carbocycles. The smallest absolute Gasteiger partial charge is 0.312 e. The number of nitrogens with one attached hydrogen (secondary N) is 1. The lowest BCUT2D eigenvalue weighted by Gasteiger charge is -2.14. The molecule has 0 radical (unpaired) electrons. The van der Waals surface area contributed by atoms with Crippen molar-refractivity contribution >= 4 is 11.8 Å². The van der Waals surface area contributed by atoms with Gasteiger partial charge in [-0.15, -0.1) is 0 Å². The first-order chi connectivity index (χ1) is 10.2. The number of aliphatic carboxylic acids is 1. The van der Waals surface area contributed by atoms with Crippen LogP contribution in [-0.2, 0) is 11.2 Å². The molecule has 0 aliphatic rings. The summed E-state index contributed by atoms with van der Waals surface area (Å²) in [7, 11) is 0. The fraction of sp³-hybridized carbons (Fsp3) is 0.312. The molecule has 0 fully saturated rings. The van der Waals surface area contributed by atoms with E-state index in [0.717, 1.165) is 24.1 Å². The minimum atomic E-state index is -0.850. The van der Waals surface area contributed by atoms with Gasteiger partial charge in [-0.2, -0.15) is 0 Å². The Balaban J connectivity index is 2.06. The van der Waals surface area contributed by atoms with E-state index in [4.69, 9.17) is 0 Å². The van der Waals surface area contributed by atoms with Crippen LogP contribution in [0.1, 0.15) is 30.5 Å². The fourth-order valence-corrected chi connectivity index (χ4v) is 2.13. The SMILES string of the molecule is CCCc1cc(NCC(C(=O)O)c2ccccc2)ncn1. The average Bonchev–Trinajstić information content (AvgIpc) is 2.49. The van der Waals surface area contributed by atoms with Crippen LogP contribution < -0.4 is 5.32 Å². The predicted octanol–water partition coefficient (Wildman–Crippen LogP) is 2.71. The lowest BCUT2D eigenvalue weighted by molar-refractivity contribution is -0.138. The highest BCUT2D eigenvalue weighted by molar-refractivity contribution is 5.76. The number of rotatable bonds is 7. The first kappa shape index (κ1) is 15.0. The van der Waals surface area contributed by atoms with E-state index in [2.05, 4.69) is 22.2 Å². The molecular formula is C16H19N3O2. The molecule has 0 aliphatic carbocycles. The van der Waals surface area contributed by atoms with Crippen molar-refractivity contribution in [3.63, 3.8) is 0 Å². The fourth-order valence-electron chi connectivity index (χ4n) is 2.13. The Bertz CT molecular complexity index is 587. The summed E-state index contributed by atoms with van der Waals surface area (Å²) in [6.45, 7) is 2.38. The molecule has 5 heteroatoms. The van der Waals surface area contributed by atoms with E-state index >= 15 is 0 Å². The number of benzene rings is 1. The number of hydrogen-bond donors (Lipinski definition) is 2. The average molecular weight is 285 g/mol. The van der Waals surface area contributed by atoms with Crippen LogP contribution in [0, 0.1) is 0 Å². The first-order valence-corrected chi connectivity index (χ1v) is 7.03. The molecule has 2 aromatic rings. The molecule has 1 atom stereocenters. The maximum Gasteiger partial charge on any atom is 0.312 e. The molecule has 0 saturated heterocycles. The van der Waals surface area contributed by atoms with Gasteiger partial charge in [0.05, 0.1) is 5.92 Å². The molecule has 0 spiro atoms. The van der Waals surface area contributed by atoms with Gasteiger partial charge in [-0.25, -0.2) is 9.97 Å². The molecule has 5 nitrogen and oxygen atoms in total. The summed E-state index contributed by atoms with van der Waals surface area (Å²) in [5.41, 5.74) is 1.74. The number of aromatic nitrogens is 2. The highest BCUT2D eigenvalue weighted by atomic mass is 16.4. The van der Waals surface area contributed by atoms with Gasteiger partial charge < -0.3 is 10.4 Å². The Labute approximate surface area is 124 Å². The van der Waals surface area contributed by atoms with Gasteiger partial charge >= 0.3 is 5.97 Å². The van der Waals surface area contributed by atoms with Crippen LogP contribution in [0.3, 0.4) is 0 Å². The summed E-state index contributed by atoms with van der Waals surface area (Å²) in [6.07, 6.45) is 3.40. The highest BCUT2D eigenvalue weighted by Gasteiger charge is 2.19. The predicted molar refractivity (Wildman–Crippen MR) is 81.3 cm³/mol. The van der Waals surface area contributed by atoms with Crippen molar-refractivity contribution in [3.8, 4) is 0 Å². The van der Waals surface area contributed by atoms with E-state index in [0.29, 0.717) is 12.4 Å². The van der Waals surface area contributed by atoms with E-state index in [1.165, 1.54) is 6.33 Å². The summed E-state index contributed by atoms with van der Waals surface area (Å²) < 4.78 is 0. The van der Waals surface area contributed by atoms with E-state index in [1.54, 1.807) is 0 Å². The van der Waals surface area contributed by atoms with Gasteiger partial charge in [0.25, 0.3) is 0 Å². The van der Waals surface area contributed by atoms with Crippen LogP contribution in [0.2, 0.25) is 0 Å². The summed E-state index contributed by atoms with van der Waals surface area (Å²) in [5, 5.41) is 12.5. The number of anilines is 1. The Hall–Kier alpha value is -2.43. The summed E-state index contributed by atoms with van der Waals surface area (Å²) in [5.74, 6) is -0.789. The Kier molecular flexibility index (Phi) is 5.26. The van der Waals surface area contributed by atoms with E-state index in [-0.39, 0.29) is 0 Å². The quantitative estimate of drug-likeness (QED) is 0.818. The van der Waals surface area contributed by atoms with Crippen molar-refractivity contribution in [2.24, 2.45) is 0 Å². The van der Waals surface area contributed by atoms with Crippen molar-refractivity contribution in [3.05, 3.63) is 54.0 Å². The van der Waals surface area contributed by atoms with E-state index in [1.807, 2.05) is 36.4 Å². The summed E-state index contributed by atoms with van der Waals surface area (Å²) in [6, 6.07) is 11.1. The third-order valence-corrected chi connectivity index (χ3v) is 3.22. The molecule has 1 unspecified atom stereocenters. The van der Waals surface area contributed by atoms with Crippen molar-refractivity contribution in [2.45, 2.75) is 25.7 Å². The van der Waals surface area contributed by atoms with Gasteiger partial charge in [0.1, 0.15) is 12.1 Å². The summed E-state index contributed by atoms with van der Waals surface area (Å²) >= 11 is 0. The largest absolute Gasteiger partial charge is 0.481 e. The monoisotopic (exact) mass is 285 g/mol. The Morgan fingerprint density at radius 1 is 1.29 bits per heavy atom. The minimum absolute atomic E-state index is 0.294. The molecule has 21 heavy (non-hydrogen) atoms. The highest BCUT2D eigenvalue weighted by Crippen LogP contribution is 2.17. The van der Waals surface area contributed by atoms with E-state index < -0.39 is 11.9 Å². The molecule has 2 N–H and O–H groups in total. The maximum absolute atomic E-state index is 11.4. The lowest BCUT2D eigenvalue weighted by atomic mass is 9.99. The van der Waals surface area contributed by atoms with Gasteiger partial charge in [0.15, 0.2) is 0 Å². The maximum atomic E-state index is 11.4. The normalized spacial score (nSPS) is 11.9. The zero-order valence-electron chi connectivity index (χ0n) is 12.0. The van der Waals surface area contributed by atoms with Crippen molar-refractivity contribution in [2.75, 3.05) is 11.9 Å². The lowest BCUT2D eigenvalue weighted by Crippen LogP contribution is -2.21. The second-order valence-corrected chi connectivity index (χ2v) is 4.83. The number of aryl methyl sites for hydroxylation is 1. The van der Waals surface area contributed by atoms with Gasteiger partial charge in [-0.1, -0.05) is 43.7 Å². The van der Waals surface area contributed by atoms with Crippen LogP contribution in [0.15, 0.2) is 42.7 Å². The Morgan fingerprint density at radius 3 is 2.71 bits per heavy atom. The van der Waals surface area contributed by atoms with Gasteiger partial charge in [-0.3, -0.25) is 4.79 Å². The molecule has 0 bridgehead atoms. The van der Waals surface area contributed by atoms with Crippen LogP contribution in [0.25, 0.3) is 0 Å². The number of carbonyl (C=O) groups is 1. The van der Waals surface area contributed by atoms with Crippen LogP contribution in [-0.4, -0.2) is 27.6 Å². The van der Waals surface area contributed by atoms with Crippen LogP contribution in [0.4, 0.5) is 5.82 Å². The molecule has 1 aromatic carbocycles. The number of nitrogens with zero attached hydrogens (tertiary/aromatic N) is 2. The van der Waals surface area contributed by atoms with Crippen LogP contribution in [0.5, 0.6) is 0 Å². The standard InChI is InChI=1S/C16H19N3O2/c1-2-6-13-9-15(19-11-18-13)17-10-14(16(20)21)12-7-4-3-5-8-12/h3-5,7-9,11,14H,2,6,10H2,1H3,(H,20,21)(H,17,18,19). The van der Waals surface area contributed by atoms with Crippen molar-refractivity contribution in [1.82, 2.24) is 9.97 Å². The summed E-state index contributed by atoms with van der Waals surface area (Å²) in [4.78, 5) is 19.7. The van der Waals surface area contributed by atoms with Gasteiger partial charge in [0.2, 0.25) is 0 Å². The van der Waals surface area contributed by atoms with Crippen molar-refractivity contribution in [1.29, 1.82) is 0 Å². The molecule has 1 heterocycles. The third kappa shape index (κ3) is 4.27. The van der Waals surface area contributed by atoms with Gasteiger partial charge in [0, 0.05) is 18.3 Å². The molecule has 110 valence electrons. The zero-order chi connectivity index (χ0) is 15.1.